The predicted octanol–water partition coefficient (Wildman–Crippen LogP) is -0.344. The summed E-state index contributed by atoms with van der Waals surface area (Å²) < 4.78 is 0. The molecule has 1 amide bonds. The first-order valence-electron chi connectivity index (χ1n) is 5.07. The van der Waals surface area contributed by atoms with Crippen molar-refractivity contribution >= 4 is 23.4 Å². The Labute approximate surface area is 103 Å². The van der Waals surface area contributed by atoms with Crippen LogP contribution >= 0.6 is 0 Å². The van der Waals surface area contributed by atoms with Crippen molar-refractivity contribution in [1.82, 2.24) is 9.97 Å². The van der Waals surface area contributed by atoms with E-state index >= 15 is 0 Å². The third-order valence-corrected chi connectivity index (χ3v) is 2.20. The first-order valence-corrected chi connectivity index (χ1v) is 5.07. The predicted molar refractivity (Wildman–Crippen MR) is 65.4 cm³/mol. The van der Waals surface area contributed by atoms with Crippen LogP contribution in [0.1, 0.15) is 5.69 Å². The van der Waals surface area contributed by atoms with Crippen molar-refractivity contribution in [2.75, 3.05) is 30.9 Å². The van der Waals surface area contributed by atoms with Gasteiger partial charge in [-0.3, -0.25) is 14.9 Å². The van der Waals surface area contributed by atoms with Gasteiger partial charge < -0.3 is 16.0 Å². The fourth-order valence-electron chi connectivity index (χ4n) is 1.45. The van der Waals surface area contributed by atoms with Gasteiger partial charge in [0.25, 0.3) is 0 Å². The number of likely N-dealkylation sites (N-methyl/N-ethyl adjacent to an activating group) is 1. The molecule has 0 bridgehead atoms. The van der Waals surface area contributed by atoms with E-state index in [1.165, 1.54) is 18.9 Å². The molecule has 1 heterocycles. The van der Waals surface area contributed by atoms with Gasteiger partial charge in [-0.1, -0.05) is 0 Å². The summed E-state index contributed by atoms with van der Waals surface area (Å²) in [7, 11) is 3.09. The van der Waals surface area contributed by atoms with Gasteiger partial charge in [0, 0.05) is 14.1 Å². The van der Waals surface area contributed by atoms with Crippen molar-refractivity contribution in [1.29, 1.82) is 0 Å². The van der Waals surface area contributed by atoms with E-state index in [4.69, 9.17) is 5.73 Å². The highest BCUT2D eigenvalue weighted by Gasteiger charge is 2.25. The summed E-state index contributed by atoms with van der Waals surface area (Å²) in [6.07, 6.45) is 0. The van der Waals surface area contributed by atoms with Gasteiger partial charge in [0.2, 0.25) is 17.7 Å². The molecule has 0 aliphatic carbocycles. The monoisotopic (exact) mass is 254 g/mol. The molecule has 0 saturated heterocycles. The summed E-state index contributed by atoms with van der Waals surface area (Å²) in [5.41, 5.74) is 5.03. The van der Waals surface area contributed by atoms with Crippen molar-refractivity contribution < 1.29 is 9.72 Å². The van der Waals surface area contributed by atoms with E-state index in [1.54, 1.807) is 7.05 Å². The van der Waals surface area contributed by atoms with Crippen LogP contribution in [0.25, 0.3) is 0 Å². The van der Waals surface area contributed by atoms with E-state index in [0.717, 1.165) is 0 Å². The summed E-state index contributed by atoms with van der Waals surface area (Å²) in [6.45, 7) is 1.34. The Morgan fingerprint density at radius 1 is 1.56 bits per heavy atom. The molecule has 1 aromatic rings. The maximum absolute atomic E-state index is 11.0. The van der Waals surface area contributed by atoms with Gasteiger partial charge in [-0.2, -0.15) is 4.98 Å². The number of aryl methyl sites for hydroxylation is 1. The molecule has 1 aromatic heterocycles. The molecule has 0 fully saturated rings. The van der Waals surface area contributed by atoms with Crippen LogP contribution in [0.4, 0.5) is 17.5 Å². The van der Waals surface area contributed by atoms with E-state index in [2.05, 4.69) is 15.3 Å². The largest absolute Gasteiger partial charge is 0.368 e. The van der Waals surface area contributed by atoms with Gasteiger partial charge >= 0.3 is 5.69 Å². The number of anilines is 2. The van der Waals surface area contributed by atoms with Crippen molar-refractivity contribution in [3.8, 4) is 0 Å². The molecule has 9 nitrogen and oxygen atoms in total. The van der Waals surface area contributed by atoms with Crippen LogP contribution in [0.3, 0.4) is 0 Å². The number of nitrogens with two attached hydrogens (primary N) is 1. The lowest BCUT2D eigenvalue weighted by molar-refractivity contribution is -0.385. The number of nitro groups is 1. The van der Waals surface area contributed by atoms with Gasteiger partial charge in [0.15, 0.2) is 0 Å². The van der Waals surface area contributed by atoms with E-state index < -0.39 is 10.8 Å². The first-order chi connectivity index (χ1) is 8.36. The van der Waals surface area contributed by atoms with Crippen LogP contribution in [-0.2, 0) is 4.79 Å². The number of aromatic nitrogens is 2. The van der Waals surface area contributed by atoms with Gasteiger partial charge in [-0.15, -0.1) is 0 Å². The standard InChI is InChI=1S/C9H14N6O3/c1-5-7(15(17)18)8(13-9(11-2)12-5)14(3)4-6(10)16/h4H2,1-3H3,(H2,10,16)(H,11,12,13). The first kappa shape index (κ1) is 13.6. The molecule has 0 unspecified atom stereocenters. The van der Waals surface area contributed by atoms with Gasteiger partial charge in [0.1, 0.15) is 5.69 Å². The highest BCUT2D eigenvalue weighted by molar-refractivity contribution is 5.80. The summed E-state index contributed by atoms with van der Waals surface area (Å²) in [5, 5.41) is 13.7. The van der Waals surface area contributed by atoms with Crippen molar-refractivity contribution in [3.63, 3.8) is 0 Å². The third-order valence-electron chi connectivity index (χ3n) is 2.20. The number of amides is 1. The average molecular weight is 254 g/mol. The van der Waals surface area contributed by atoms with Gasteiger partial charge in [-0.05, 0) is 6.92 Å². The minimum atomic E-state index is -0.603. The van der Waals surface area contributed by atoms with Crippen molar-refractivity contribution in [3.05, 3.63) is 15.8 Å². The number of carbonyl (C=O) groups excluding carboxylic acids is 1. The highest BCUT2D eigenvalue weighted by atomic mass is 16.6. The number of carbonyl (C=O) groups is 1. The minimum Gasteiger partial charge on any atom is -0.368 e. The molecular formula is C9H14N6O3. The fraction of sp³-hybridized carbons (Fsp3) is 0.444. The second-order valence-electron chi connectivity index (χ2n) is 3.63. The molecule has 1 rings (SSSR count). The van der Waals surface area contributed by atoms with Crippen LogP contribution in [0.15, 0.2) is 0 Å². The second-order valence-corrected chi connectivity index (χ2v) is 3.63. The molecule has 0 aliphatic rings. The molecule has 0 aromatic carbocycles. The number of primary amides is 1. The van der Waals surface area contributed by atoms with Gasteiger partial charge in [-0.25, -0.2) is 4.98 Å². The topological polar surface area (TPSA) is 127 Å². The quantitative estimate of drug-likeness (QED) is 0.543. The Morgan fingerprint density at radius 2 is 2.17 bits per heavy atom. The Morgan fingerprint density at radius 3 is 2.61 bits per heavy atom. The molecule has 9 heteroatoms. The normalized spacial score (nSPS) is 9.94. The fourth-order valence-corrected chi connectivity index (χ4v) is 1.45. The number of nitrogens with zero attached hydrogens (tertiary/aromatic N) is 4. The van der Waals surface area contributed by atoms with E-state index in [0.29, 0.717) is 0 Å². The third kappa shape index (κ3) is 2.81. The molecule has 3 N–H and O–H groups in total. The summed E-state index contributed by atoms with van der Waals surface area (Å²) in [6, 6.07) is 0. The maximum Gasteiger partial charge on any atom is 0.332 e. The average Bonchev–Trinajstić information content (AvgIpc) is 2.26. The van der Waals surface area contributed by atoms with Crippen LogP contribution in [0.2, 0.25) is 0 Å². The highest BCUT2D eigenvalue weighted by Crippen LogP contribution is 2.28. The zero-order chi connectivity index (χ0) is 13.9. The number of nitrogens with one attached hydrogen (secondary N) is 1. The van der Waals surface area contributed by atoms with Crippen LogP contribution < -0.4 is 16.0 Å². The maximum atomic E-state index is 11.0. The zero-order valence-electron chi connectivity index (χ0n) is 10.3. The molecule has 0 saturated carbocycles. The minimum absolute atomic E-state index is 0.0515. The summed E-state index contributed by atoms with van der Waals surface area (Å²) in [4.78, 5) is 30.5. The molecule has 0 spiro atoms. The Hall–Kier alpha value is -2.45. The zero-order valence-corrected chi connectivity index (χ0v) is 10.3. The molecular weight excluding hydrogens is 240 g/mol. The van der Waals surface area contributed by atoms with E-state index in [-0.39, 0.29) is 29.7 Å². The molecule has 18 heavy (non-hydrogen) atoms. The molecule has 0 atom stereocenters. The van der Waals surface area contributed by atoms with Crippen molar-refractivity contribution in [2.24, 2.45) is 5.73 Å². The Balaban J connectivity index is 3.33. The molecule has 0 aliphatic heterocycles. The Kier molecular flexibility index (Phi) is 3.97. The van der Waals surface area contributed by atoms with Crippen LogP contribution in [0, 0.1) is 17.0 Å². The van der Waals surface area contributed by atoms with Crippen LogP contribution in [-0.4, -0.2) is 41.4 Å². The number of hydrogen-bond acceptors (Lipinski definition) is 7. The molecule has 98 valence electrons. The number of hydrogen-bond donors (Lipinski definition) is 2. The summed E-state index contributed by atoms with van der Waals surface area (Å²) >= 11 is 0. The van der Waals surface area contributed by atoms with E-state index in [1.807, 2.05) is 0 Å². The Bertz CT molecular complexity index is 489. The smallest absolute Gasteiger partial charge is 0.332 e. The summed E-state index contributed by atoms with van der Waals surface area (Å²) in [5.74, 6) is -0.311. The lowest BCUT2D eigenvalue weighted by Crippen LogP contribution is -2.32. The SMILES string of the molecule is CNc1nc(C)c([N+](=O)[O-])c(N(C)CC(N)=O)n1. The molecule has 0 radical (unpaired) electrons. The lowest BCUT2D eigenvalue weighted by Gasteiger charge is -2.17. The number of rotatable bonds is 5. The van der Waals surface area contributed by atoms with Crippen molar-refractivity contribution in [2.45, 2.75) is 6.92 Å². The van der Waals surface area contributed by atoms with Gasteiger partial charge in [0.05, 0.1) is 11.5 Å². The van der Waals surface area contributed by atoms with E-state index in [9.17, 15) is 14.9 Å². The second kappa shape index (κ2) is 5.25. The van der Waals surface area contributed by atoms with Crippen LogP contribution in [0.5, 0.6) is 0 Å². The lowest BCUT2D eigenvalue weighted by atomic mass is 10.3.